The van der Waals surface area contributed by atoms with E-state index in [1.165, 1.54) is 0 Å². The number of benzene rings is 1. The van der Waals surface area contributed by atoms with Crippen molar-refractivity contribution in [3.63, 3.8) is 0 Å². The molecule has 2 rings (SSSR count). The second-order valence-electron chi connectivity index (χ2n) is 5.98. The number of carbonyl (C=O) groups is 1. The van der Waals surface area contributed by atoms with E-state index in [-0.39, 0.29) is 5.91 Å². The molecule has 1 saturated heterocycles. The molecule has 5 nitrogen and oxygen atoms in total. The summed E-state index contributed by atoms with van der Waals surface area (Å²) in [5.41, 5.74) is 0.671. The van der Waals surface area contributed by atoms with Gasteiger partial charge in [0.2, 0.25) is 5.91 Å². The first-order chi connectivity index (χ1) is 10.6. The summed E-state index contributed by atoms with van der Waals surface area (Å²) in [5, 5.41) is 3.31. The van der Waals surface area contributed by atoms with E-state index < -0.39 is 5.41 Å². The molecule has 0 atom stereocenters. The minimum Gasteiger partial charge on any atom is -0.497 e. The van der Waals surface area contributed by atoms with Crippen molar-refractivity contribution in [2.75, 3.05) is 41.0 Å². The summed E-state index contributed by atoms with van der Waals surface area (Å²) in [7, 11) is 5.18. The lowest BCUT2D eigenvalue weighted by Crippen LogP contribution is -2.50. The normalized spacial score (nSPS) is 17.0. The lowest BCUT2D eigenvalue weighted by atomic mass is 9.78. The van der Waals surface area contributed by atoms with Crippen molar-refractivity contribution in [3.8, 4) is 5.75 Å². The van der Waals surface area contributed by atoms with Gasteiger partial charge in [-0.25, -0.2) is 0 Å². The van der Waals surface area contributed by atoms with Gasteiger partial charge in [0.15, 0.2) is 0 Å². The number of piperidine rings is 1. The van der Waals surface area contributed by atoms with Crippen molar-refractivity contribution in [3.05, 3.63) is 29.8 Å². The highest BCUT2D eigenvalue weighted by atomic mass is 16.5. The first-order valence-corrected chi connectivity index (χ1v) is 7.69. The van der Waals surface area contributed by atoms with Crippen LogP contribution in [0.15, 0.2) is 24.3 Å². The molecule has 0 bridgehead atoms. The van der Waals surface area contributed by atoms with E-state index in [9.17, 15) is 4.79 Å². The molecular formula is C17H26N2O3. The average Bonchev–Trinajstić information content (AvgIpc) is 2.55. The molecule has 0 aliphatic carbocycles. The third-order valence-corrected chi connectivity index (χ3v) is 4.34. The molecule has 1 aromatic rings. The molecule has 1 fully saturated rings. The van der Waals surface area contributed by atoms with Gasteiger partial charge in [-0.3, -0.25) is 4.79 Å². The molecule has 0 spiro atoms. The Balaban J connectivity index is 2.09. The van der Waals surface area contributed by atoms with Crippen molar-refractivity contribution in [1.82, 2.24) is 10.2 Å². The standard InChI is InChI=1S/C17H26N2O3/c1-19(12-14-5-4-6-15(11-14)22-3)16(20)17(13-21-2)7-9-18-10-8-17/h4-6,11,18H,7-10,12-13H2,1-3H3. The van der Waals surface area contributed by atoms with Gasteiger partial charge in [0.25, 0.3) is 0 Å². The molecule has 0 saturated carbocycles. The zero-order chi connectivity index (χ0) is 16.0. The Morgan fingerprint density at radius 3 is 2.68 bits per heavy atom. The molecule has 1 aliphatic heterocycles. The SMILES string of the molecule is COCC1(C(=O)N(C)Cc2cccc(OC)c2)CCNCC1. The van der Waals surface area contributed by atoms with Crippen LogP contribution in [0.5, 0.6) is 5.75 Å². The number of carbonyl (C=O) groups excluding carboxylic acids is 1. The van der Waals surface area contributed by atoms with Crippen LogP contribution >= 0.6 is 0 Å². The lowest BCUT2D eigenvalue weighted by molar-refractivity contribution is -0.146. The first kappa shape index (κ1) is 16.8. The van der Waals surface area contributed by atoms with E-state index in [0.717, 1.165) is 37.2 Å². The minimum atomic E-state index is -0.395. The second-order valence-corrected chi connectivity index (χ2v) is 5.98. The topological polar surface area (TPSA) is 50.8 Å². The molecule has 0 unspecified atom stereocenters. The van der Waals surface area contributed by atoms with Gasteiger partial charge in [-0.2, -0.15) is 0 Å². The van der Waals surface area contributed by atoms with Crippen molar-refractivity contribution in [1.29, 1.82) is 0 Å². The molecule has 1 N–H and O–H groups in total. The molecule has 22 heavy (non-hydrogen) atoms. The Labute approximate surface area is 132 Å². The molecule has 1 aromatic carbocycles. The van der Waals surface area contributed by atoms with E-state index in [1.807, 2.05) is 31.3 Å². The van der Waals surface area contributed by atoms with Crippen molar-refractivity contribution >= 4 is 5.91 Å². The molecule has 1 aliphatic rings. The maximum Gasteiger partial charge on any atom is 0.231 e. The largest absolute Gasteiger partial charge is 0.497 e. The summed E-state index contributed by atoms with van der Waals surface area (Å²) in [6.45, 7) is 2.79. The zero-order valence-electron chi connectivity index (χ0n) is 13.7. The molecular weight excluding hydrogens is 280 g/mol. The Hall–Kier alpha value is -1.59. The van der Waals surface area contributed by atoms with Crippen LogP contribution in [-0.4, -0.2) is 51.8 Å². The van der Waals surface area contributed by atoms with Gasteiger partial charge < -0.3 is 19.7 Å². The van der Waals surface area contributed by atoms with Crippen LogP contribution in [-0.2, 0) is 16.1 Å². The van der Waals surface area contributed by atoms with Crippen LogP contribution in [0.1, 0.15) is 18.4 Å². The summed E-state index contributed by atoms with van der Waals surface area (Å²) < 4.78 is 10.6. The quantitative estimate of drug-likeness (QED) is 0.868. The fourth-order valence-electron chi connectivity index (χ4n) is 3.12. The molecule has 5 heteroatoms. The van der Waals surface area contributed by atoms with Crippen LogP contribution in [0.25, 0.3) is 0 Å². The van der Waals surface area contributed by atoms with Crippen LogP contribution < -0.4 is 10.1 Å². The minimum absolute atomic E-state index is 0.165. The number of ether oxygens (including phenoxy) is 2. The maximum absolute atomic E-state index is 13.0. The van der Waals surface area contributed by atoms with Crippen LogP contribution in [0, 0.1) is 5.41 Å². The predicted molar refractivity (Wildman–Crippen MR) is 85.9 cm³/mol. The summed E-state index contributed by atoms with van der Waals surface area (Å²) in [6, 6.07) is 7.83. The highest BCUT2D eigenvalue weighted by Gasteiger charge is 2.41. The van der Waals surface area contributed by atoms with Gasteiger partial charge in [-0.1, -0.05) is 12.1 Å². The van der Waals surface area contributed by atoms with E-state index >= 15 is 0 Å². The number of nitrogens with one attached hydrogen (secondary N) is 1. The van der Waals surface area contributed by atoms with E-state index in [0.29, 0.717) is 13.2 Å². The highest BCUT2D eigenvalue weighted by molar-refractivity contribution is 5.83. The smallest absolute Gasteiger partial charge is 0.231 e. The monoisotopic (exact) mass is 306 g/mol. The van der Waals surface area contributed by atoms with Gasteiger partial charge in [0.05, 0.1) is 19.1 Å². The third kappa shape index (κ3) is 3.78. The van der Waals surface area contributed by atoms with Gasteiger partial charge in [-0.05, 0) is 43.6 Å². The number of methoxy groups -OCH3 is 2. The molecule has 0 aromatic heterocycles. The highest BCUT2D eigenvalue weighted by Crippen LogP contribution is 2.31. The Bertz CT molecular complexity index is 493. The van der Waals surface area contributed by atoms with Gasteiger partial charge >= 0.3 is 0 Å². The van der Waals surface area contributed by atoms with Crippen molar-refractivity contribution in [2.45, 2.75) is 19.4 Å². The number of nitrogens with zero attached hydrogens (tertiary/aromatic N) is 1. The fourth-order valence-corrected chi connectivity index (χ4v) is 3.12. The number of rotatable bonds is 6. The molecule has 1 amide bonds. The lowest BCUT2D eigenvalue weighted by Gasteiger charge is -2.38. The summed E-state index contributed by atoms with van der Waals surface area (Å²) >= 11 is 0. The maximum atomic E-state index is 13.0. The van der Waals surface area contributed by atoms with E-state index in [4.69, 9.17) is 9.47 Å². The zero-order valence-corrected chi connectivity index (χ0v) is 13.7. The van der Waals surface area contributed by atoms with Crippen LogP contribution in [0.4, 0.5) is 0 Å². The summed E-state index contributed by atoms with van der Waals surface area (Å²) in [5.74, 6) is 0.977. The van der Waals surface area contributed by atoms with Crippen molar-refractivity contribution < 1.29 is 14.3 Å². The molecule has 122 valence electrons. The number of amides is 1. The molecule has 1 heterocycles. The third-order valence-electron chi connectivity index (χ3n) is 4.34. The Morgan fingerprint density at radius 1 is 1.32 bits per heavy atom. The van der Waals surface area contributed by atoms with Crippen LogP contribution in [0.2, 0.25) is 0 Å². The number of hydrogen-bond donors (Lipinski definition) is 1. The van der Waals surface area contributed by atoms with E-state index in [1.54, 1.807) is 19.1 Å². The second kappa shape index (κ2) is 7.61. The average molecular weight is 306 g/mol. The summed E-state index contributed by atoms with van der Waals surface area (Å²) in [4.78, 5) is 14.8. The molecule has 0 radical (unpaired) electrons. The van der Waals surface area contributed by atoms with Crippen molar-refractivity contribution in [2.24, 2.45) is 5.41 Å². The van der Waals surface area contributed by atoms with E-state index in [2.05, 4.69) is 5.32 Å². The predicted octanol–water partition coefficient (Wildman–Crippen LogP) is 1.67. The fraction of sp³-hybridized carbons (Fsp3) is 0.588. The Kier molecular flexibility index (Phi) is 5.80. The first-order valence-electron chi connectivity index (χ1n) is 7.69. The van der Waals surface area contributed by atoms with Gasteiger partial charge in [0.1, 0.15) is 5.75 Å². The number of hydrogen-bond acceptors (Lipinski definition) is 4. The van der Waals surface area contributed by atoms with Gasteiger partial charge in [0, 0.05) is 20.7 Å². The van der Waals surface area contributed by atoms with Gasteiger partial charge in [-0.15, -0.1) is 0 Å². The van der Waals surface area contributed by atoms with Crippen LogP contribution in [0.3, 0.4) is 0 Å². The summed E-state index contributed by atoms with van der Waals surface area (Å²) in [6.07, 6.45) is 1.64. The Morgan fingerprint density at radius 2 is 2.05 bits per heavy atom.